The van der Waals surface area contributed by atoms with Crippen molar-refractivity contribution in [1.29, 1.82) is 0 Å². The van der Waals surface area contributed by atoms with Gasteiger partial charge in [-0.25, -0.2) is 0 Å². The number of rotatable bonds is 2. The van der Waals surface area contributed by atoms with Crippen molar-refractivity contribution in [2.45, 2.75) is 0 Å². The first-order valence-electron chi connectivity index (χ1n) is 4.68. The molecule has 0 atom stereocenters. The van der Waals surface area contributed by atoms with Gasteiger partial charge in [0.15, 0.2) is 5.78 Å². The van der Waals surface area contributed by atoms with Crippen LogP contribution in [0.2, 0.25) is 0 Å². The quantitative estimate of drug-likeness (QED) is 0.785. The minimum absolute atomic E-state index is 0.00115. The number of ether oxygens (including phenoxy) is 1. The zero-order valence-electron chi connectivity index (χ0n) is 8.30. The first-order chi connectivity index (χ1) is 7.65. The Morgan fingerprint density at radius 1 is 1.38 bits per heavy atom. The fraction of sp³-hybridized carbons (Fsp3) is 0.182. The van der Waals surface area contributed by atoms with E-state index in [9.17, 15) is 4.79 Å². The molecule has 16 heavy (non-hydrogen) atoms. The van der Waals surface area contributed by atoms with E-state index in [2.05, 4.69) is 43.8 Å². The number of ketones is 1. The lowest BCUT2D eigenvalue weighted by molar-refractivity contribution is -0.119. The second kappa shape index (κ2) is 5.29. The third-order valence-corrected chi connectivity index (χ3v) is 3.49. The fourth-order valence-corrected chi connectivity index (χ4v) is 2.21. The van der Waals surface area contributed by atoms with Gasteiger partial charge in [-0.15, -0.1) is 0 Å². The van der Waals surface area contributed by atoms with Crippen LogP contribution in [0.3, 0.4) is 0 Å². The number of nitrogens with one attached hydrogen (secondary N) is 1. The average molecular weight is 394 g/mol. The van der Waals surface area contributed by atoms with Crippen LogP contribution in [0.5, 0.6) is 0 Å². The zero-order valence-corrected chi connectivity index (χ0v) is 12.0. The Balaban J connectivity index is 2.20. The van der Waals surface area contributed by atoms with E-state index < -0.39 is 0 Å². The molecule has 0 aromatic heterocycles. The third kappa shape index (κ3) is 3.05. The van der Waals surface area contributed by atoms with Gasteiger partial charge in [0.1, 0.15) is 6.61 Å². The summed E-state index contributed by atoms with van der Waals surface area (Å²) in [6.07, 6.45) is 1.60. The van der Waals surface area contributed by atoms with Gasteiger partial charge in [0.25, 0.3) is 0 Å². The number of benzene rings is 1. The van der Waals surface area contributed by atoms with Gasteiger partial charge in [-0.2, -0.15) is 0 Å². The van der Waals surface area contributed by atoms with Crippen LogP contribution in [-0.2, 0) is 9.53 Å². The maximum absolute atomic E-state index is 11.2. The molecular formula is C11H9BrINO2. The number of halogens is 2. The minimum atomic E-state index is -0.00115. The zero-order chi connectivity index (χ0) is 11.5. The summed E-state index contributed by atoms with van der Waals surface area (Å²) in [5.74, 6) is -0.00115. The highest BCUT2D eigenvalue weighted by molar-refractivity contribution is 14.1. The summed E-state index contributed by atoms with van der Waals surface area (Å²) in [6, 6.07) is 5.95. The normalized spacial score (nSPS) is 15.9. The van der Waals surface area contributed by atoms with Crippen molar-refractivity contribution < 1.29 is 9.53 Å². The third-order valence-electron chi connectivity index (χ3n) is 2.06. The molecule has 0 radical (unpaired) electrons. The molecule has 1 aromatic rings. The number of hydrogen-bond acceptors (Lipinski definition) is 3. The van der Waals surface area contributed by atoms with Gasteiger partial charge in [-0.3, -0.25) is 4.79 Å². The first kappa shape index (κ1) is 12.1. The average Bonchev–Trinajstić information content (AvgIpc) is 2.24. The molecule has 0 saturated carbocycles. The van der Waals surface area contributed by atoms with E-state index >= 15 is 0 Å². The maximum Gasteiger partial charge on any atom is 0.183 e. The Kier molecular flexibility index (Phi) is 3.99. The SMILES string of the molecule is O=C1C=C(Nc2cc(Br)ccc2I)COC1. The molecule has 0 bridgehead atoms. The highest BCUT2D eigenvalue weighted by Gasteiger charge is 2.11. The molecule has 1 heterocycles. The van der Waals surface area contributed by atoms with Gasteiger partial charge in [-0.05, 0) is 40.8 Å². The predicted octanol–water partition coefficient (Wildman–Crippen LogP) is 2.95. The lowest BCUT2D eigenvalue weighted by Gasteiger charge is -2.16. The Morgan fingerprint density at radius 3 is 2.94 bits per heavy atom. The van der Waals surface area contributed by atoms with Gasteiger partial charge in [-0.1, -0.05) is 15.9 Å². The molecule has 0 unspecified atom stereocenters. The van der Waals surface area contributed by atoms with Crippen LogP contribution in [0.1, 0.15) is 0 Å². The van der Waals surface area contributed by atoms with E-state index in [4.69, 9.17) is 4.74 Å². The van der Waals surface area contributed by atoms with Crippen LogP contribution in [0, 0.1) is 3.57 Å². The van der Waals surface area contributed by atoms with Crippen LogP contribution in [0.15, 0.2) is 34.4 Å². The molecule has 0 fully saturated rings. The summed E-state index contributed by atoms with van der Waals surface area (Å²) in [5.41, 5.74) is 1.77. The van der Waals surface area contributed by atoms with Crippen molar-refractivity contribution >= 4 is 50.0 Å². The Bertz CT molecular complexity index is 459. The Morgan fingerprint density at radius 2 is 2.19 bits per heavy atom. The summed E-state index contributed by atoms with van der Waals surface area (Å²) in [7, 11) is 0. The van der Waals surface area contributed by atoms with E-state index in [0.29, 0.717) is 6.61 Å². The molecule has 1 aliphatic heterocycles. The Labute approximate surface area is 116 Å². The summed E-state index contributed by atoms with van der Waals surface area (Å²) >= 11 is 5.65. The lowest BCUT2D eigenvalue weighted by Crippen LogP contribution is -2.19. The summed E-state index contributed by atoms with van der Waals surface area (Å²) in [6.45, 7) is 0.634. The van der Waals surface area contributed by atoms with Crippen LogP contribution >= 0.6 is 38.5 Å². The van der Waals surface area contributed by atoms with Crippen molar-refractivity contribution in [3.05, 3.63) is 38.0 Å². The van der Waals surface area contributed by atoms with E-state index in [-0.39, 0.29) is 12.4 Å². The largest absolute Gasteiger partial charge is 0.367 e. The molecule has 0 aliphatic carbocycles. The van der Waals surface area contributed by atoms with Crippen molar-refractivity contribution in [1.82, 2.24) is 0 Å². The molecule has 84 valence electrons. The first-order valence-corrected chi connectivity index (χ1v) is 6.55. The van der Waals surface area contributed by atoms with Crippen LogP contribution in [0.4, 0.5) is 5.69 Å². The van der Waals surface area contributed by atoms with Crippen LogP contribution < -0.4 is 5.32 Å². The molecule has 1 N–H and O–H groups in total. The number of anilines is 1. The van der Waals surface area contributed by atoms with Gasteiger partial charge < -0.3 is 10.1 Å². The highest BCUT2D eigenvalue weighted by Crippen LogP contribution is 2.24. The summed E-state index contributed by atoms with van der Waals surface area (Å²) < 4.78 is 7.24. The van der Waals surface area contributed by atoms with Gasteiger partial charge in [0, 0.05) is 19.8 Å². The monoisotopic (exact) mass is 393 g/mol. The molecule has 3 nitrogen and oxygen atoms in total. The standard InChI is InChI=1S/C11H9BrINO2/c12-7-1-2-10(13)11(3-7)14-8-4-9(15)6-16-5-8/h1-4,14H,5-6H2. The molecule has 1 aromatic carbocycles. The van der Waals surface area contributed by atoms with Crippen molar-refractivity contribution in [3.63, 3.8) is 0 Å². The minimum Gasteiger partial charge on any atom is -0.367 e. The number of hydrogen-bond donors (Lipinski definition) is 1. The predicted molar refractivity (Wildman–Crippen MR) is 74.4 cm³/mol. The van der Waals surface area contributed by atoms with Gasteiger partial charge in [0.05, 0.1) is 12.3 Å². The van der Waals surface area contributed by atoms with Gasteiger partial charge >= 0.3 is 0 Å². The van der Waals surface area contributed by atoms with E-state index in [1.807, 2.05) is 18.2 Å². The highest BCUT2D eigenvalue weighted by atomic mass is 127. The second-order valence-electron chi connectivity index (χ2n) is 3.38. The van der Waals surface area contributed by atoms with E-state index in [0.717, 1.165) is 19.4 Å². The van der Waals surface area contributed by atoms with E-state index in [1.54, 1.807) is 6.08 Å². The summed E-state index contributed by atoms with van der Waals surface area (Å²) in [4.78, 5) is 11.2. The lowest BCUT2D eigenvalue weighted by atomic mass is 10.2. The van der Waals surface area contributed by atoms with E-state index in [1.165, 1.54) is 0 Å². The molecular weight excluding hydrogens is 385 g/mol. The molecule has 5 heteroatoms. The smallest absolute Gasteiger partial charge is 0.183 e. The van der Waals surface area contributed by atoms with Crippen LogP contribution in [-0.4, -0.2) is 19.0 Å². The molecule has 2 rings (SSSR count). The molecule has 0 amide bonds. The number of carbonyl (C=O) groups is 1. The van der Waals surface area contributed by atoms with Crippen molar-refractivity contribution in [3.8, 4) is 0 Å². The topological polar surface area (TPSA) is 38.3 Å². The molecule has 0 spiro atoms. The molecule has 1 aliphatic rings. The maximum atomic E-state index is 11.2. The van der Waals surface area contributed by atoms with Crippen molar-refractivity contribution in [2.75, 3.05) is 18.5 Å². The fourth-order valence-electron chi connectivity index (χ4n) is 1.38. The second-order valence-corrected chi connectivity index (χ2v) is 5.46. The molecule has 0 saturated heterocycles. The van der Waals surface area contributed by atoms with Crippen LogP contribution in [0.25, 0.3) is 0 Å². The van der Waals surface area contributed by atoms with Crippen molar-refractivity contribution in [2.24, 2.45) is 0 Å². The summed E-state index contributed by atoms with van der Waals surface area (Å²) in [5, 5.41) is 3.20. The van der Waals surface area contributed by atoms with Gasteiger partial charge in [0.2, 0.25) is 0 Å². The Hall–Kier alpha value is -0.400. The number of carbonyl (C=O) groups excluding carboxylic acids is 1.